The minimum Gasteiger partial charge on any atom is -0.314 e. The molecule has 2 rings (SSSR count). The summed E-state index contributed by atoms with van der Waals surface area (Å²) in [6, 6.07) is 3.34. The fourth-order valence-electron chi connectivity index (χ4n) is 2.40. The first-order chi connectivity index (χ1) is 11.5. The van der Waals surface area contributed by atoms with Gasteiger partial charge in [0.2, 0.25) is 0 Å². The smallest absolute Gasteiger partial charge is 0.0593 e. The van der Waals surface area contributed by atoms with Crippen LogP contribution in [-0.4, -0.2) is 27.1 Å². The van der Waals surface area contributed by atoms with E-state index in [1.165, 1.54) is 19.3 Å². The maximum Gasteiger partial charge on any atom is 0.0593 e. The van der Waals surface area contributed by atoms with Crippen LogP contribution in [0.5, 0.6) is 0 Å². The Kier molecular flexibility index (Phi) is 15.7. The predicted molar refractivity (Wildman–Crippen MR) is 118 cm³/mol. The summed E-state index contributed by atoms with van der Waals surface area (Å²) >= 11 is 4.12. The molecule has 1 saturated carbocycles. The molecule has 0 saturated heterocycles. The van der Waals surface area contributed by atoms with Gasteiger partial charge < -0.3 is 5.32 Å². The van der Waals surface area contributed by atoms with E-state index in [0.29, 0.717) is 6.04 Å². The zero-order chi connectivity index (χ0) is 20.0. The second-order valence-electron chi connectivity index (χ2n) is 7.87. The normalized spacial score (nSPS) is 19.2. The number of hydrogen-bond acceptors (Lipinski definition) is 3. The number of rotatable bonds is 3. The van der Waals surface area contributed by atoms with Gasteiger partial charge in [0.05, 0.1) is 5.69 Å². The summed E-state index contributed by atoms with van der Waals surface area (Å²) in [5.74, 6) is 0.967. The van der Waals surface area contributed by atoms with Crippen molar-refractivity contribution >= 4 is 12.6 Å². The molecule has 1 heterocycles. The van der Waals surface area contributed by atoms with Gasteiger partial charge >= 0.3 is 0 Å². The van der Waals surface area contributed by atoms with E-state index in [0.717, 1.165) is 24.2 Å². The second-order valence-corrected chi connectivity index (χ2v) is 9.22. The van der Waals surface area contributed by atoms with Gasteiger partial charge in [-0.25, -0.2) is 0 Å². The van der Waals surface area contributed by atoms with Crippen molar-refractivity contribution in [2.75, 3.05) is 6.54 Å². The minimum absolute atomic E-state index is 0.194. The maximum atomic E-state index is 4.23. The highest BCUT2D eigenvalue weighted by Gasteiger charge is 2.19. The van der Waals surface area contributed by atoms with Gasteiger partial charge in [-0.3, -0.25) is 4.68 Å². The van der Waals surface area contributed by atoms with Crippen LogP contribution in [0, 0.1) is 12.8 Å². The van der Waals surface area contributed by atoms with Gasteiger partial charge in [0, 0.05) is 23.0 Å². The molecule has 1 aliphatic rings. The molecule has 2 atom stereocenters. The summed E-state index contributed by atoms with van der Waals surface area (Å²) in [5.41, 5.74) is 1.09. The molecule has 4 heteroatoms. The first kappa shape index (κ1) is 26.7. The fourth-order valence-corrected chi connectivity index (χ4v) is 2.40. The summed E-state index contributed by atoms with van der Waals surface area (Å²) in [4.78, 5) is 0. The highest BCUT2D eigenvalue weighted by molar-refractivity contribution is 7.81. The maximum absolute atomic E-state index is 4.23. The van der Waals surface area contributed by atoms with Crippen LogP contribution in [-0.2, 0) is 0 Å². The van der Waals surface area contributed by atoms with E-state index >= 15 is 0 Å². The van der Waals surface area contributed by atoms with Gasteiger partial charge in [-0.2, -0.15) is 17.7 Å². The summed E-state index contributed by atoms with van der Waals surface area (Å²) < 4.78 is 2.15. The van der Waals surface area contributed by atoms with E-state index in [-0.39, 0.29) is 4.75 Å². The topological polar surface area (TPSA) is 29.9 Å². The van der Waals surface area contributed by atoms with E-state index < -0.39 is 0 Å². The largest absolute Gasteiger partial charge is 0.314 e. The van der Waals surface area contributed by atoms with Crippen molar-refractivity contribution in [2.45, 2.75) is 105 Å². The Morgan fingerprint density at radius 2 is 1.80 bits per heavy atom. The molecule has 1 aromatic heterocycles. The molecule has 0 bridgehead atoms. The zero-order valence-electron chi connectivity index (χ0n) is 18.6. The van der Waals surface area contributed by atoms with E-state index in [2.05, 4.69) is 71.5 Å². The summed E-state index contributed by atoms with van der Waals surface area (Å²) in [5, 5.41) is 7.70. The second kappa shape index (κ2) is 14.7. The lowest BCUT2D eigenvalue weighted by Crippen LogP contribution is -2.25. The van der Waals surface area contributed by atoms with Crippen LogP contribution in [0.15, 0.2) is 12.3 Å². The van der Waals surface area contributed by atoms with Gasteiger partial charge in [-0.15, -0.1) is 0 Å². The van der Waals surface area contributed by atoms with Crippen molar-refractivity contribution in [1.29, 1.82) is 0 Å². The lowest BCUT2D eigenvalue weighted by Gasteiger charge is -2.08. The average Bonchev–Trinajstić information content (AvgIpc) is 3.09. The predicted octanol–water partition coefficient (Wildman–Crippen LogP) is 6.30. The molecule has 0 radical (unpaired) electrons. The zero-order valence-corrected chi connectivity index (χ0v) is 19.5. The van der Waals surface area contributed by atoms with E-state index in [1.807, 2.05) is 37.7 Å². The number of nitrogens with zero attached hydrogens (tertiary/aromatic N) is 2. The number of nitrogens with one attached hydrogen (secondary N) is 1. The quantitative estimate of drug-likeness (QED) is 0.611. The number of thiol groups is 1. The Balaban J connectivity index is 0. The third kappa shape index (κ3) is 18.1. The first-order valence-corrected chi connectivity index (χ1v) is 10.4. The molecule has 150 valence electrons. The number of aryl methyl sites for hydroxylation is 1. The molecule has 3 nitrogen and oxygen atoms in total. The lowest BCUT2D eigenvalue weighted by atomic mass is 10.1. The van der Waals surface area contributed by atoms with E-state index in [4.69, 9.17) is 0 Å². The number of hydrogen-bond donors (Lipinski definition) is 2. The molecule has 25 heavy (non-hydrogen) atoms. The highest BCUT2D eigenvalue weighted by Crippen LogP contribution is 2.24. The molecule has 1 N–H and O–H groups in total. The molecular weight excluding hydrogens is 326 g/mol. The van der Waals surface area contributed by atoms with Gasteiger partial charge in [0.1, 0.15) is 0 Å². The Hall–Kier alpha value is -0.480. The molecule has 2 unspecified atom stereocenters. The Bertz CT molecular complexity index is 400. The van der Waals surface area contributed by atoms with Crippen molar-refractivity contribution in [3.8, 4) is 0 Å². The Morgan fingerprint density at radius 1 is 1.28 bits per heavy atom. The molecule has 0 aliphatic heterocycles. The van der Waals surface area contributed by atoms with Crippen molar-refractivity contribution < 1.29 is 0 Å². The van der Waals surface area contributed by atoms with Crippen molar-refractivity contribution in [3.05, 3.63) is 18.0 Å². The van der Waals surface area contributed by atoms with Crippen LogP contribution < -0.4 is 5.32 Å². The van der Waals surface area contributed by atoms with Crippen LogP contribution in [0.3, 0.4) is 0 Å². The van der Waals surface area contributed by atoms with Gasteiger partial charge in [0.25, 0.3) is 0 Å². The average molecular weight is 372 g/mol. The van der Waals surface area contributed by atoms with E-state index in [1.54, 1.807) is 0 Å². The molecule has 0 aromatic carbocycles. The van der Waals surface area contributed by atoms with Crippen LogP contribution in [0.25, 0.3) is 0 Å². The SMILES string of the molecule is CC.CC(C)(C)S.CCNC1CCC(C)C1.Cc1ccn(C(C)C)n1. The highest BCUT2D eigenvalue weighted by atomic mass is 32.1. The minimum atomic E-state index is 0.194. The first-order valence-electron chi connectivity index (χ1n) is 10.00. The van der Waals surface area contributed by atoms with Crippen LogP contribution in [0.2, 0.25) is 0 Å². The Morgan fingerprint density at radius 3 is 2.04 bits per heavy atom. The fraction of sp³-hybridized carbons (Fsp3) is 0.857. The molecular formula is C21H45N3S. The van der Waals surface area contributed by atoms with Gasteiger partial charge in [-0.05, 0) is 58.6 Å². The van der Waals surface area contributed by atoms with Crippen LogP contribution in [0.4, 0.5) is 0 Å². The van der Waals surface area contributed by atoms with Gasteiger partial charge in [-0.1, -0.05) is 48.5 Å². The standard InChI is InChI=1S/C8H17N.C7H12N2.C4H10S.C2H6/c1-3-9-8-5-4-7(2)6-8;1-6(2)9-5-4-7(3)8-9;1-4(2,3)5;1-2/h7-9H,3-6H2,1-2H3;4-6H,1-3H3;5H,1-3H3;1-2H3. The lowest BCUT2D eigenvalue weighted by molar-refractivity contribution is 0.517. The third-order valence-electron chi connectivity index (χ3n) is 3.46. The van der Waals surface area contributed by atoms with Crippen molar-refractivity contribution in [1.82, 2.24) is 15.1 Å². The summed E-state index contributed by atoms with van der Waals surface area (Å²) in [6.07, 6.45) is 6.22. The van der Waals surface area contributed by atoms with E-state index in [9.17, 15) is 0 Å². The molecule has 0 amide bonds. The Labute approximate surface area is 163 Å². The van der Waals surface area contributed by atoms with Crippen molar-refractivity contribution in [3.63, 3.8) is 0 Å². The summed E-state index contributed by atoms with van der Waals surface area (Å²) in [6.45, 7) is 22.1. The monoisotopic (exact) mass is 371 g/mol. The molecule has 1 aliphatic carbocycles. The molecule has 1 fully saturated rings. The van der Waals surface area contributed by atoms with Crippen LogP contribution in [0.1, 0.15) is 93.3 Å². The van der Waals surface area contributed by atoms with Gasteiger partial charge in [0.15, 0.2) is 0 Å². The molecule has 0 spiro atoms. The van der Waals surface area contributed by atoms with Crippen molar-refractivity contribution in [2.24, 2.45) is 5.92 Å². The van der Waals surface area contributed by atoms with Crippen LogP contribution >= 0.6 is 12.6 Å². The summed E-state index contributed by atoms with van der Waals surface area (Å²) in [7, 11) is 0. The molecule has 1 aromatic rings. The third-order valence-corrected chi connectivity index (χ3v) is 3.46. The number of aromatic nitrogens is 2.